The fourth-order valence-corrected chi connectivity index (χ4v) is 4.09. The highest BCUT2D eigenvalue weighted by Crippen LogP contribution is 2.34. The lowest BCUT2D eigenvalue weighted by molar-refractivity contribution is 0.109. The van der Waals surface area contributed by atoms with E-state index in [1.165, 1.54) is 24.8 Å². The fourth-order valence-electron chi connectivity index (χ4n) is 4.09. The molecule has 0 radical (unpaired) electrons. The van der Waals surface area contributed by atoms with Crippen LogP contribution in [0.25, 0.3) is 0 Å². The summed E-state index contributed by atoms with van der Waals surface area (Å²) in [6.07, 6.45) is 4.87. The van der Waals surface area contributed by atoms with Gasteiger partial charge in [0, 0.05) is 12.5 Å². The molecule has 1 saturated heterocycles. The molecule has 0 spiro atoms. The number of hydrogen-bond acceptors (Lipinski definition) is 3. The van der Waals surface area contributed by atoms with Crippen LogP contribution in [0.5, 0.6) is 11.5 Å². The van der Waals surface area contributed by atoms with Crippen LogP contribution in [0.2, 0.25) is 0 Å². The molecule has 0 aliphatic carbocycles. The first kappa shape index (κ1) is 23.5. The Morgan fingerprint density at radius 1 is 1.00 bits per heavy atom. The second kappa shape index (κ2) is 12.0. The molecule has 0 saturated carbocycles. The van der Waals surface area contributed by atoms with E-state index in [1.807, 2.05) is 36.4 Å². The predicted octanol–water partition coefficient (Wildman–Crippen LogP) is 5.93. The van der Waals surface area contributed by atoms with Crippen LogP contribution in [-0.4, -0.2) is 38.3 Å². The first-order valence-electron chi connectivity index (χ1n) is 10.4. The summed E-state index contributed by atoms with van der Waals surface area (Å²) in [6, 6.07) is 14.8. The summed E-state index contributed by atoms with van der Waals surface area (Å²) in [5, 5.41) is 0. The lowest BCUT2D eigenvalue weighted by atomic mass is 9.80. The van der Waals surface area contributed by atoms with Gasteiger partial charge in [-0.25, -0.2) is 4.39 Å². The van der Waals surface area contributed by atoms with Crippen molar-refractivity contribution in [3.63, 3.8) is 0 Å². The molecule has 1 aliphatic heterocycles. The van der Waals surface area contributed by atoms with Crippen LogP contribution in [0.1, 0.15) is 44.1 Å². The summed E-state index contributed by atoms with van der Waals surface area (Å²) in [5.74, 6) is 2.31. The molecule has 0 aromatic heterocycles. The van der Waals surface area contributed by atoms with Gasteiger partial charge >= 0.3 is 0 Å². The number of hydrogen-bond donors (Lipinski definition) is 0. The maximum absolute atomic E-state index is 13.4. The quantitative estimate of drug-likeness (QED) is 0.468. The molecule has 160 valence electrons. The Labute approximate surface area is 180 Å². The van der Waals surface area contributed by atoms with Gasteiger partial charge in [0.1, 0.15) is 17.3 Å². The van der Waals surface area contributed by atoms with Crippen molar-refractivity contribution in [2.24, 2.45) is 5.92 Å². The number of piperidine rings is 1. The molecular formula is C24H33ClFNO2. The standard InChI is InChI=1S/C24H32FNO2.ClH/c1-3-4-5-15-26-16-14-24(19-6-8-21(25)9-7-19)20(17-26)18-28-23-12-10-22(27-2)11-13-23;/h6-13,20,24H,3-5,14-18H2,1-2H3;1H/t20-,24-;/m0./s1. The Bertz CT molecular complexity index is 708. The molecule has 3 rings (SSSR count). The second-order valence-corrected chi connectivity index (χ2v) is 7.70. The summed E-state index contributed by atoms with van der Waals surface area (Å²) < 4.78 is 24.7. The smallest absolute Gasteiger partial charge is 0.123 e. The zero-order chi connectivity index (χ0) is 19.8. The lowest BCUT2D eigenvalue weighted by Crippen LogP contribution is -2.42. The van der Waals surface area contributed by atoms with Crippen LogP contribution in [0, 0.1) is 11.7 Å². The summed E-state index contributed by atoms with van der Waals surface area (Å²) >= 11 is 0. The van der Waals surface area contributed by atoms with Crippen molar-refractivity contribution in [1.29, 1.82) is 0 Å². The Morgan fingerprint density at radius 3 is 2.34 bits per heavy atom. The van der Waals surface area contributed by atoms with Gasteiger partial charge in [-0.3, -0.25) is 0 Å². The monoisotopic (exact) mass is 421 g/mol. The number of likely N-dealkylation sites (tertiary alicyclic amines) is 1. The first-order valence-corrected chi connectivity index (χ1v) is 10.4. The van der Waals surface area contributed by atoms with Gasteiger partial charge in [-0.2, -0.15) is 0 Å². The highest BCUT2D eigenvalue weighted by Gasteiger charge is 2.30. The van der Waals surface area contributed by atoms with Gasteiger partial charge in [0.15, 0.2) is 0 Å². The third-order valence-corrected chi connectivity index (χ3v) is 5.72. The lowest BCUT2D eigenvalue weighted by Gasteiger charge is -2.39. The zero-order valence-corrected chi connectivity index (χ0v) is 18.3. The molecule has 1 fully saturated rings. The molecule has 0 N–H and O–H groups in total. The van der Waals surface area contributed by atoms with E-state index in [2.05, 4.69) is 11.8 Å². The first-order chi connectivity index (χ1) is 13.7. The Kier molecular flexibility index (Phi) is 9.75. The predicted molar refractivity (Wildman–Crippen MR) is 119 cm³/mol. The van der Waals surface area contributed by atoms with Crippen LogP contribution >= 0.6 is 12.4 Å². The summed E-state index contributed by atoms with van der Waals surface area (Å²) in [6.45, 7) is 6.20. The van der Waals surface area contributed by atoms with Crippen LogP contribution in [0.4, 0.5) is 4.39 Å². The number of nitrogens with zero attached hydrogens (tertiary/aromatic N) is 1. The average Bonchev–Trinajstić information content (AvgIpc) is 2.74. The molecule has 0 unspecified atom stereocenters. The van der Waals surface area contributed by atoms with E-state index < -0.39 is 0 Å². The van der Waals surface area contributed by atoms with Gasteiger partial charge in [-0.15, -0.1) is 12.4 Å². The molecule has 1 heterocycles. The van der Waals surface area contributed by atoms with E-state index in [1.54, 1.807) is 19.2 Å². The molecule has 2 aromatic carbocycles. The molecule has 29 heavy (non-hydrogen) atoms. The maximum atomic E-state index is 13.4. The van der Waals surface area contributed by atoms with Gasteiger partial charge in [-0.1, -0.05) is 31.9 Å². The number of ether oxygens (including phenoxy) is 2. The van der Waals surface area contributed by atoms with Crippen molar-refractivity contribution in [3.05, 3.63) is 59.9 Å². The molecular weight excluding hydrogens is 389 g/mol. The molecule has 2 atom stereocenters. The largest absolute Gasteiger partial charge is 0.497 e. The van der Waals surface area contributed by atoms with Gasteiger partial charge in [0.05, 0.1) is 13.7 Å². The van der Waals surface area contributed by atoms with Crippen molar-refractivity contribution < 1.29 is 13.9 Å². The molecule has 3 nitrogen and oxygen atoms in total. The van der Waals surface area contributed by atoms with E-state index in [-0.39, 0.29) is 18.2 Å². The van der Waals surface area contributed by atoms with E-state index in [0.29, 0.717) is 18.4 Å². The van der Waals surface area contributed by atoms with Crippen molar-refractivity contribution >= 4 is 12.4 Å². The molecule has 5 heteroatoms. The summed E-state index contributed by atoms with van der Waals surface area (Å²) in [4.78, 5) is 2.57. The van der Waals surface area contributed by atoms with Crippen LogP contribution < -0.4 is 9.47 Å². The van der Waals surface area contributed by atoms with Crippen molar-refractivity contribution in [1.82, 2.24) is 4.90 Å². The third kappa shape index (κ3) is 6.90. The number of rotatable bonds is 9. The van der Waals surface area contributed by atoms with Crippen LogP contribution in [0.15, 0.2) is 48.5 Å². The Balaban J connectivity index is 0.00000300. The van der Waals surface area contributed by atoms with Crippen molar-refractivity contribution in [3.8, 4) is 11.5 Å². The Morgan fingerprint density at radius 2 is 1.69 bits per heavy atom. The number of halogens is 2. The third-order valence-electron chi connectivity index (χ3n) is 5.72. The zero-order valence-electron chi connectivity index (χ0n) is 17.5. The topological polar surface area (TPSA) is 21.7 Å². The number of methoxy groups -OCH3 is 1. The highest BCUT2D eigenvalue weighted by molar-refractivity contribution is 5.85. The minimum absolute atomic E-state index is 0. The van der Waals surface area contributed by atoms with Gasteiger partial charge < -0.3 is 14.4 Å². The number of unbranched alkanes of at least 4 members (excludes halogenated alkanes) is 2. The highest BCUT2D eigenvalue weighted by atomic mass is 35.5. The number of benzene rings is 2. The van der Waals surface area contributed by atoms with Gasteiger partial charge in [-0.05, 0) is 73.8 Å². The SMILES string of the molecule is CCCCCN1CC[C@@H](c2ccc(F)cc2)[C@H](COc2ccc(OC)cc2)C1.Cl. The normalized spacial score (nSPS) is 19.4. The minimum Gasteiger partial charge on any atom is -0.497 e. The van der Waals surface area contributed by atoms with Gasteiger partial charge in [0.25, 0.3) is 0 Å². The summed E-state index contributed by atoms with van der Waals surface area (Å²) in [5.41, 5.74) is 1.22. The minimum atomic E-state index is -0.174. The van der Waals surface area contributed by atoms with E-state index in [4.69, 9.17) is 9.47 Å². The maximum Gasteiger partial charge on any atom is 0.123 e. The van der Waals surface area contributed by atoms with Gasteiger partial charge in [0.2, 0.25) is 0 Å². The molecule has 0 bridgehead atoms. The molecule has 2 aromatic rings. The van der Waals surface area contributed by atoms with Crippen molar-refractivity contribution in [2.45, 2.75) is 38.5 Å². The van der Waals surface area contributed by atoms with E-state index >= 15 is 0 Å². The average molecular weight is 422 g/mol. The van der Waals surface area contributed by atoms with Crippen LogP contribution in [0.3, 0.4) is 0 Å². The van der Waals surface area contributed by atoms with E-state index in [9.17, 15) is 4.39 Å². The van der Waals surface area contributed by atoms with Crippen LogP contribution in [-0.2, 0) is 0 Å². The second-order valence-electron chi connectivity index (χ2n) is 7.70. The van der Waals surface area contributed by atoms with E-state index in [0.717, 1.165) is 37.6 Å². The summed E-state index contributed by atoms with van der Waals surface area (Å²) in [7, 11) is 1.66. The molecule has 1 aliphatic rings. The Hall–Kier alpha value is -1.78. The van der Waals surface area contributed by atoms with Crippen molar-refractivity contribution in [2.75, 3.05) is 33.4 Å². The molecule has 0 amide bonds. The fraction of sp³-hybridized carbons (Fsp3) is 0.500.